The number of rotatable bonds is 1. The number of benzene rings is 1. The van der Waals surface area contributed by atoms with Gasteiger partial charge in [0.2, 0.25) is 0 Å². The molecule has 4 heteroatoms. The van der Waals surface area contributed by atoms with Gasteiger partial charge in [-0.05, 0) is 18.1 Å². The molecule has 80 valence electrons. The SMILES string of the molecule is CC1CN=C(Nc2ccccc2Cl)SC1. The van der Waals surface area contributed by atoms with Crippen LogP contribution >= 0.6 is 23.4 Å². The van der Waals surface area contributed by atoms with Crippen molar-refractivity contribution in [3.63, 3.8) is 0 Å². The maximum Gasteiger partial charge on any atom is 0.161 e. The van der Waals surface area contributed by atoms with E-state index in [9.17, 15) is 0 Å². The summed E-state index contributed by atoms with van der Waals surface area (Å²) >= 11 is 7.80. The van der Waals surface area contributed by atoms with Gasteiger partial charge in [-0.25, -0.2) is 0 Å². The van der Waals surface area contributed by atoms with E-state index in [1.807, 2.05) is 24.3 Å². The summed E-state index contributed by atoms with van der Waals surface area (Å²) in [6.07, 6.45) is 0. The molecular weight excluding hydrogens is 228 g/mol. The molecule has 0 radical (unpaired) electrons. The van der Waals surface area contributed by atoms with Crippen LogP contribution in [0.15, 0.2) is 29.3 Å². The molecule has 1 aliphatic rings. The third-order valence-corrected chi connectivity index (χ3v) is 3.74. The molecule has 1 heterocycles. The largest absolute Gasteiger partial charge is 0.334 e. The summed E-state index contributed by atoms with van der Waals surface area (Å²) in [4.78, 5) is 4.46. The van der Waals surface area contributed by atoms with E-state index < -0.39 is 0 Å². The number of hydrogen-bond donors (Lipinski definition) is 1. The van der Waals surface area contributed by atoms with Gasteiger partial charge in [0.1, 0.15) is 0 Å². The summed E-state index contributed by atoms with van der Waals surface area (Å²) in [6.45, 7) is 3.11. The second kappa shape index (κ2) is 4.90. The van der Waals surface area contributed by atoms with Crippen LogP contribution in [0, 0.1) is 5.92 Å². The predicted octanol–water partition coefficient (Wildman–Crippen LogP) is 3.49. The van der Waals surface area contributed by atoms with Crippen LogP contribution in [-0.2, 0) is 0 Å². The summed E-state index contributed by atoms with van der Waals surface area (Å²) in [5.41, 5.74) is 0.931. The molecule has 1 unspecified atom stereocenters. The lowest BCUT2D eigenvalue weighted by Gasteiger charge is -2.18. The quantitative estimate of drug-likeness (QED) is 0.813. The van der Waals surface area contributed by atoms with Gasteiger partial charge in [-0.1, -0.05) is 42.4 Å². The molecule has 0 saturated carbocycles. The minimum atomic E-state index is 0.673. The van der Waals surface area contributed by atoms with Gasteiger partial charge in [0, 0.05) is 12.3 Å². The fraction of sp³-hybridized carbons (Fsp3) is 0.364. The molecule has 0 bridgehead atoms. The van der Waals surface area contributed by atoms with Crippen molar-refractivity contribution in [2.45, 2.75) is 6.92 Å². The van der Waals surface area contributed by atoms with Crippen LogP contribution in [0.25, 0.3) is 0 Å². The average molecular weight is 241 g/mol. The van der Waals surface area contributed by atoms with Crippen molar-refractivity contribution in [1.82, 2.24) is 0 Å². The molecule has 0 amide bonds. The van der Waals surface area contributed by atoms with E-state index in [0.29, 0.717) is 5.92 Å². The monoisotopic (exact) mass is 240 g/mol. The zero-order valence-electron chi connectivity index (χ0n) is 8.53. The van der Waals surface area contributed by atoms with Crippen LogP contribution in [0.5, 0.6) is 0 Å². The van der Waals surface area contributed by atoms with Crippen molar-refractivity contribution in [2.75, 3.05) is 17.6 Å². The Balaban J connectivity index is 2.06. The van der Waals surface area contributed by atoms with Crippen LogP contribution in [0.3, 0.4) is 0 Å². The number of thioether (sulfide) groups is 1. The van der Waals surface area contributed by atoms with Crippen LogP contribution < -0.4 is 5.32 Å². The van der Waals surface area contributed by atoms with E-state index in [2.05, 4.69) is 17.2 Å². The van der Waals surface area contributed by atoms with Gasteiger partial charge in [0.15, 0.2) is 5.17 Å². The van der Waals surface area contributed by atoms with E-state index >= 15 is 0 Å². The topological polar surface area (TPSA) is 24.4 Å². The highest BCUT2D eigenvalue weighted by Crippen LogP contribution is 2.24. The van der Waals surface area contributed by atoms with E-state index in [1.165, 1.54) is 0 Å². The van der Waals surface area contributed by atoms with Gasteiger partial charge in [0.25, 0.3) is 0 Å². The molecule has 0 aromatic heterocycles. The van der Waals surface area contributed by atoms with Crippen LogP contribution in [0.4, 0.5) is 5.69 Å². The van der Waals surface area contributed by atoms with Gasteiger partial charge in [0.05, 0.1) is 10.7 Å². The molecule has 15 heavy (non-hydrogen) atoms. The minimum absolute atomic E-state index is 0.673. The molecule has 2 rings (SSSR count). The van der Waals surface area contributed by atoms with E-state index in [4.69, 9.17) is 11.6 Å². The molecule has 0 fully saturated rings. The number of amidine groups is 1. The molecular formula is C11H13ClN2S. The van der Waals surface area contributed by atoms with Crippen LogP contribution in [-0.4, -0.2) is 17.5 Å². The average Bonchev–Trinajstić information content (AvgIpc) is 2.25. The van der Waals surface area contributed by atoms with Crippen LogP contribution in [0.2, 0.25) is 5.02 Å². The van der Waals surface area contributed by atoms with E-state index in [0.717, 1.165) is 28.2 Å². The highest BCUT2D eigenvalue weighted by Gasteiger charge is 2.12. The zero-order chi connectivity index (χ0) is 10.7. The van der Waals surface area contributed by atoms with Crippen LogP contribution in [0.1, 0.15) is 6.92 Å². The molecule has 1 N–H and O–H groups in total. The lowest BCUT2D eigenvalue weighted by molar-refractivity contribution is 0.674. The van der Waals surface area contributed by atoms with Crippen molar-refractivity contribution >= 4 is 34.2 Å². The maximum atomic E-state index is 6.05. The Kier molecular flexibility index (Phi) is 3.54. The fourth-order valence-electron chi connectivity index (χ4n) is 1.31. The van der Waals surface area contributed by atoms with Crippen molar-refractivity contribution in [3.8, 4) is 0 Å². The number of halogens is 1. The number of nitrogens with one attached hydrogen (secondary N) is 1. The summed E-state index contributed by atoms with van der Waals surface area (Å²) in [7, 11) is 0. The molecule has 2 nitrogen and oxygen atoms in total. The third kappa shape index (κ3) is 2.89. The van der Waals surface area contributed by atoms with Crippen molar-refractivity contribution in [1.29, 1.82) is 0 Å². The standard InChI is InChI=1S/C11H13ClN2S/c1-8-6-13-11(15-7-8)14-10-5-3-2-4-9(10)12/h2-5,8H,6-7H2,1H3,(H,13,14). The van der Waals surface area contributed by atoms with Gasteiger partial charge in [-0.15, -0.1) is 0 Å². The summed E-state index contributed by atoms with van der Waals surface area (Å²) in [6, 6.07) is 7.72. The number of nitrogens with zero attached hydrogens (tertiary/aromatic N) is 1. The zero-order valence-corrected chi connectivity index (χ0v) is 10.1. The lowest BCUT2D eigenvalue weighted by atomic mass is 10.2. The first-order valence-electron chi connectivity index (χ1n) is 4.94. The molecule has 1 aromatic rings. The number of para-hydroxylation sites is 1. The molecule has 0 aliphatic carbocycles. The predicted molar refractivity (Wildman–Crippen MR) is 69.0 cm³/mol. The fourth-order valence-corrected chi connectivity index (χ4v) is 2.39. The molecule has 1 aliphatic heterocycles. The van der Waals surface area contributed by atoms with Crippen molar-refractivity contribution < 1.29 is 0 Å². The van der Waals surface area contributed by atoms with Gasteiger partial charge in [-0.3, -0.25) is 4.99 Å². The molecule has 0 saturated heterocycles. The first-order valence-corrected chi connectivity index (χ1v) is 6.31. The van der Waals surface area contributed by atoms with E-state index in [1.54, 1.807) is 11.8 Å². The number of hydrogen-bond acceptors (Lipinski definition) is 3. The Morgan fingerprint density at radius 1 is 1.47 bits per heavy atom. The Bertz CT molecular complexity index is 379. The first kappa shape index (κ1) is 10.8. The highest BCUT2D eigenvalue weighted by molar-refractivity contribution is 8.14. The third-order valence-electron chi connectivity index (χ3n) is 2.17. The smallest absolute Gasteiger partial charge is 0.161 e. The Hall–Kier alpha value is -0.670. The van der Waals surface area contributed by atoms with Gasteiger partial charge < -0.3 is 5.32 Å². The Morgan fingerprint density at radius 3 is 2.93 bits per heavy atom. The molecule has 0 spiro atoms. The minimum Gasteiger partial charge on any atom is -0.334 e. The van der Waals surface area contributed by atoms with Crippen molar-refractivity contribution in [3.05, 3.63) is 29.3 Å². The van der Waals surface area contributed by atoms with Gasteiger partial charge >= 0.3 is 0 Å². The summed E-state index contributed by atoms with van der Waals surface area (Å²) in [5.74, 6) is 1.79. The second-order valence-corrected chi connectivity index (χ2v) is 5.08. The number of anilines is 1. The first-order chi connectivity index (χ1) is 7.25. The molecule has 1 aromatic carbocycles. The van der Waals surface area contributed by atoms with E-state index in [-0.39, 0.29) is 0 Å². The second-order valence-electron chi connectivity index (χ2n) is 3.67. The Morgan fingerprint density at radius 2 is 2.27 bits per heavy atom. The maximum absolute atomic E-state index is 6.05. The summed E-state index contributed by atoms with van der Waals surface area (Å²) in [5, 5.41) is 4.96. The van der Waals surface area contributed by atoms with Gasteiger partial charge in [-0.2, -0.15) is 0 Å². The lowest BCUT2D eigenvalue weighted by Crippen LogP contribution is -2.18. The normalized spacial score (nSPS) is 20.9. The molecule has 1 atom stereocenters. The highest BCUT2D eigenvalue weighted by atomic mass is 35.5. The number of aliphatic imine (C=N–C) groups is 1. The Labute approximate surface area is 99.1 Å². The summed E-state index contributed by atoms with van der Waals surface area (Å²) < 4.78 is 0. The van der Waals surface area contributed by atoms with Crippen molar-refractivity contribution in [2.24, 2.45) is 10.9 Å².